The van der Waals surface area contributed by atoms with E-state index in [0.717, 1.165) is 10.8 Å². The number of benzene rings is 1. The summed E-state index contributed by atoms with van der Waals surface area (Å²) in [6.45, 7) is 0.921. The van der Waals surface area contributed by atoms with E-state index in [1.807, 2.05) is 0 Å². The number of rotatable bonds is 4. The van der Waals surface area contributed by atoms with E-state index in [0.29, 0.717) is 24.6 Å². The second-order valence-corrected chi connectivity index (χ2v) is 4.95. The molecule has 0 unspecified atom stereocenters. The fraction of sp³-hybridized carbons (Fsp3) is 0.267. The van der Waals surface area contributed by atoms with Crippen molar-refractivity contribution in [1.82, 2.24) is 20.7 Å². The quantitative estimate of drug-likeness (QED) is 0.875. The summed E-state index contributed by atoms with van der Waals surface area (Å²) in [5.41, 5.74) is 2.74. The van der Waals surface area contributed by atoms with Crippen LogP contribution in [0.1, 0.15) is 10.5 Å². The second-order valence-electron chi connectivity index (χ2n) is 4.95. The van der Waals surface area contributed by atoms with E-state index in [2.05, 4.69) is 15.7 Å². The van der Waals surface area contributed by atoms with Crippen molar-refractivity contribution >= 4 is 22.7 Å². The summed E-state index contributed by atoms with van der Waals surface area (Å²) in [5.74, 6) is 0.711. The van der Waals surface area contributed by atoms with Gasteiger partial charge in [0.1, 0.15) is 5.69 Å². The number of carbonyl (C=O) groups is 2. The van der Waals surface area contributed by atoms with Gasteiger partial charge in [0.05, 0.1) is 20.8 Å². The molecule has 8 nitrogen and oxygen atoms in total. The van der Waals surface area contributed by atoms with E-state index >= 15 is 0 Å². The number of urea groups is 1. The van der Waals surface area contributed by atoms with Crippen molar-refractivity contribution in [3.05, 3.63) is 30.1 Å². The van der Waals surface area contributed by atoms with Crippen molar-refractivity contribution in [2.45, 2.75) is 0 Å². The molecule has 0 aliphatic carbocycles. The number of nitrogens with zero attached hydrogens (tertiary/aromatic N) is 2. The van der Waals surface area contributed by atoms with Crippen molar-refractivity contribution in [2.75, 3.05) is 27.3 Å². The molecule has 0 saturated carbocycles. The summed E-state index contributed by atoms with van der Waals surface area (Å²) in [6, 6.07) is 4.87. The maximum atomic E-state index is 12.2. The molecule has 2 heterocycles. The van der Waals surface area contributed by atoms with Gasteiger partial charge < -0.3 is 14.8 Å². The maximum Gasteiger partial charge on any atom is 0.336 e. The Kier molecular flexibility index (Phi) is 3.88. The molecule has 1 fully saturated rings. The highest BCUT2D eigenvalue weighted by molar-refractivity contribution is 5.97. The number of pyridine rings is 1. The average Bonchev–Trinajstić information content (AvgIpc) is 2.97. The normalized spacial score (nSPS) is 13.8. The van der Waals surface area contributed by atoms with Crippen LogP contribution in [0, 0.1) is 0 Å². The largest absolute Gasteiger partial charge is 0.493 e. The Bertz CT molecular complexity index is 777. The number of fused-ring (bicyclic) bond motifs is 1. The zero-order chi connectivity index (χ0) is 16.4. The lowest BCUT2D eigenvalue weighted by molar-refractivity contribution is 0.0847. The minimum atomic E-state index is -0.446. The Morgan fingerprint density at radius 3 is 2.52 bits per heavy atom. The van der Waals surface area contributed by atoms with Crippen LogP contribution in [-0.2, 0) is 0 Å². The van der Waals surface area contributed by atoms with Crippen molar-refractivity contribution < 1.29 is 19.1 Å². The Labute approximate surface area is 132 Å². The minimum Gasteiger partial charge on any atom is -0.493 e. The molecule has 1 aliphatic rings. The number of hydrazine groups is 1. The van der Waals surface area contributed by atoms with E-state index in [9.17, 15) is 9.59 Å². The van der Waals surface area contributed by atoms with E-state index in [1.54, 1.807) is 38.6 Å². The molecule has 0 bridgehead atoms. The predicted molar refractivity (Wildman–Crippen MR) is 82.4 cm³/mol. The van der Waals surface area contributed by atoms with Crippen LogP contribution in [0.25, 0.3) is 10.8 Å². The van der Waals surface area contributed by atoms with Crippen LogP contribution < -0.4 is 20.2 Å². The van der Waals surface area contributed by atoms with Crippen LogP contribution in [0.5, 0.6) is 11.5 Å². The molecule has 23 heavy (non-hydrogen) atoms. The third-order valence-electron chi connectivity index (χ3n) is 3.55. The first-order valence-corrected chi connectivity index (χ1v) is 7.00. The highest BCUT2D eigenvalue weighted by Gasteiger charge is 2.22. The molecule has 2 N–H and O–H groups in total. The van der Waals surface area contributed by atoms with Gasteiger partial charge in [-0.1, -0.05) is 0 Å². The van der Waals surface area contributed by atoms with E-state index in [-0.39, 0.29) is 11.7 Å². The molecule has 8 heteroatoms. The Morgan fingerprint density at radius 1 is 1.22 bits per heavy atom. The minimum absolute atomic E-state index is 0.212. The van der Waals surface area contributed by atoms with Gasteiger partial charge in [-0.2, -0.15) is 0 Å². The zero-order valence-corrected chi connectivity index (χ0v) is 12.8. The van der Waals surface area contributed by atoms with Crippen molar-refractivity contribution in [1.29, 1.82) is 0 Å². The Hall–Kier alpha value is -3.03. The van der Waals surface area contributed by atoms with Gasteiger partial charge in [-0.25, -0.2) is 9.80 Å². The molecule has 3 rings (SSSR count). The highest BCUT2D eigenvalue weighted by atomic mass is 16.5. The first-order valence-electron chi connectivity index (χ1n) is 7.00. The first kappa shape index (κ1) is 14.9. The van der Waals surface area contributed by atoms with Gasteiger partial charge in [-0.3, -0.25) is 15.2 Å². The summed E-state index contributed by atoms with van der Waals surface area (Å²) >= 11 is 0. The number of methoxy groups -OCH3 is 2. The van der Waals surface area contributed by atoms with E-state index in [1.165, 1.54) is 5.01 Å². The number of nitrogens with one attached hydrogen (secondary N) is 2. The van der Waals surface area contributed by atoms with Gasteiger partial charge in [0.25, 0.3) is 5.91 Å². The zero-order valence-electron chi connectivity index (χ0n) is 12.8. The average molecular weight is 316 g/mol. The highest BCUT2D eigenvalue weighted by Crippen LogP contribution is 2.31. The van der Waals surface area contributed by atoms with Gasteiger partial charge in [0.15, 0.2) is 11.5 Å². The van der Waals surface area contributed by atoms with Crippen LogP contribution in [0.4, 0.5) is 4.79 Å². The molecular formula is C15H16N4O4. The fourth-order valence-corrected chi connectivity index (χ4v) is 2.35. The third kappa shape index (κ3) is 2.83. The fourth-order valence-electron chi connectivity index (χ4n) is 2.35. The molecule has 1 aromatic heterocycles. The van der Waals surface area contributed by atoms with Crippen LogP contribution in [0.15, 0.2) is 24.4 Å². The number of ether oxygens (including phenoxy) is 2. The number of carbonyl (C=O) groups excluding carboxylic acids is 2. The van der Waals surface area contributed by atoms with Crippen molar-refractivity contribution in [3.63, 3.8) is 0 Å². The lowest BCUT2D eigenvalue weighted by Gasteiger charge is -2.15. The summed E-state index contributed by atoms with van der Waals surface area (Å²) in [5, 5.41) is 5.43. The predicted octanol–water partition coefficient (Wildman–Crippen LogP) is 0.922. The van der Waals surface area contributed by atoms with Crippen LogP contribution in [-0.4, -0.2) is 49.2 Å². The van der Waals surface area contributed by atoms with Crippen LogP contribution >= 0.6 is 0 Å². The third-order valence-corrected chi connectivity index (χ3v) is 3.55. The Balaban J connectivity index is 1.89. The Morgan fingerprint density at radius 2 is 1.91 bits per heavy atom. The molecule has 120 valence electrons. The van der Waals surface area contributed by atoms with Crippen molar-refractivity contribution in [2.24, 2.45) is 0 Å². The second kappa shape index (κ2) is 5.99. The maximum absolute atomic E-state index is 12.2. The molecule has 1 saturated heterocycles. The molecule has 1 aromatic carbocycles. The number of aromatic nitrogens is 1. The summed E-state index contributed by atoms with van der Waals surface area (Å²) in [4.78, 5) is 27.8. The topological polar surface area (TPSA) is 92.8 Å². The van der Waals surface area contributed by atoms with Crippen LogP contribution in [0.2, 0.25) is 0 Å². The van der Waals surface area contributed by atoms with Gasteiger partial charge in [0, 0.05) is 18.1 Å². The molecule has 3 amide bonds. The molecular weight excluding hydrogens is 300 g/mol. The summed E-state index contributed by atoms with van der Waals surface area (Å²) in [6.07, 6.45) is 1.58. The molecule has 1 aliphatic heterocycles. The lowest BCUT2D eigenvalue weighted by atomic mass is 10.1. The molecule has 0 spiro atoms. The first-order chi connectivity index (χ1) is 11.1. The smallest absolute Gasteiger partial charge is 0.336 e. The molecule has 2 aromatic rings. The van der Waals surface area contributed by atoms with Gasteiger partial charge in [0.2, 0.25) is 0 Å². The summed E-state index contributed by atoms with van der Waals surface area (Å²) < 4.78 is 10.5. The standard InChI is InChI=1S/C15H16N4O4/c1-22-12-6-9-5-11(17-8-10(9)7-13(12)23-2)14(20)18-19-4-3-16-15(19)21/h5-8H,3-4H2,1-2H3,(H,16,21)(H,18,20). The number of hydrogen-bond acceptors (Lipinski definition) is 5. The van der Waals surface area contributed by atoms with Gasteiger partial charge in [-0.05, 0) is 23.6 Å². The number of amides is 3. The molecule has 0 radical (unpaired) electrons. The van der Waals surface area contributed by atoms with Gasteiger partial charge >= 0.3 is 6.03 Å². The van der Waals surface area contributed by atoms with Crippen molar-refractivity contribution in [3.8, 4) is 11.5 Å². The summed E-state index contributed by atoms with van der Waals surface area (Å²) in [7, 11) is 3.10. The monoisotopic (exact) mass is 316 g/mol. The van der Waals surface area contributed by atoms with E-state index in [4.69, 9.17) is 9.47 Å². The van der Waals surface area contributed by atoms with Crippen LogP contribution in [0.3, 0.4) is 0 Å². The lowest BCUT2D eigenvalue weighted by Crippen LogP contribution is -2.44. The van der Waals surface area contributed by atoms with E-state index < -0.39 is 5.91 Å². The van der Waals surface area contributed by atoms with Gasteiger partial charge in [-0.15, -0.1) is 0 Å². The number of hydrogen-bond donors (Lipinski definition) is 2. The SMILES string of the molecule is COc1cc2cnc(C(=O)NN3CCNC3=O)cc2cc1OC. The molecule has 0 atom stereocenters.